The Morgan fingerprint density at radius 1 is 1.20 bits per heavy atom. The van der Waals surface area contributed by atoms with Crippen LogP contribution in [0.5, 0.6) is 11.5 Å². The molecule has 1 atom stereocenters. The fourth-order valence-corrected chi connectivity index (χ4v) is 2.83. The second-order valence-corrected chi connectivity index (χ2v) is 5.17. The zero-order chi connectivity index (χ0) is 13.9. The first-order chi connectivity index (χ1) is 9.78. The van der Waals surface area contributed by atoms with Gasteiger partial charge in [-0.1, -0.05) is 24.3 Å². The van der Waals surface area contributed by atoms with Crippen LogP contribution in [-0.2, 0) is 13.0 Å². The minimum atomic E-state index is 0.333. The van der Waals surface area contributed by atoms with Gasteiger partial charge in [-0.25, -0.2) is 0 Å². The van der Waals surface area contributed by atoms with Crippen LogP contribution in [-0.4, -0.2) is 12.2 Å². The third-order valence-electron chi connectivity index (χ3n) is 3.96. The largest absolute Gasteiger partial charge is 0.508 e. The van der Waals surface area contributed by atoms with Gasteiger partial charge in [0.05, 0.1) is 7.11 Å². The maximum atomic E-state index is 9.85. The first-order valence-corrected chi connectivity index (χ1v) is 6.95. The zero-order valence-electron chi connectivity index (χ0n) is 11.6. The molecule has 20 heavy (non-hydrogen) atoms. The number of phenols is 1. The van der Waals surface area contributed by atoms with Crippen LogP contribution in [0.1, 0.15) is 29.2 Å². The molecule has 0 heterocycles. The molecule has 0 saturated heterocycles. The van der Waals surface area contributed by atoms with Crippen LogP contribution in [0.25, 0.3) is 0 Å². The van der Waals surface area contributed by atoms with Gasteiger partial charge in [-0.15, -0.1) is 0 Å². The fraction of sp³-hybridized carbons (Fsp3) is 0.294. The molecule has 0 amide bonds. The summed E-state index contributed by atoms with van der Waals surface area (Å²) in [5, 5.41) is 13.4. The van der Waals surface area contributed by atoms with Crippen LogP contribution in [0.4, 0.5) is 0 Å². The Morgan fingerprint density at radius 2 is 2.00 bits per heavy atom. The lowest BCUT2D eigenvalue weighted by atomic mass is 10.1. The summed E-state index contributed by atoms with van der Waals surface area (Å²) in [7, 11) is 1.68. The summed E-state index contributed by atoms with van der Waals surface area (Å²) in [5.74, 6) is 1.31. The van der Waals surface area contributed by atoms with Crippen LogP contribution in [0.2, 0.25) is 0 Å². The molecular weight excluding hydrogens is 250 g/mol. The Morgan fingerprint density at radius 3 is 2.75 bits per heavy atom. The van der Waals surface area contributed by atoms with Crippen molar-refractivity contribution in [3.63, 3.8) is 0 Å². The van der Waals surface area contributed by atoms with E-state index in [0.29, 0.717) is 11.8 Å². The number of hydrogen-bond donors (Lipinski definition) is 2. The molecule has 0 aliphatic heterocycles. The second-order valence-electron chi connectivity index (χ2n) is 5.17. The number of rotatable bonds is 4. The smallest absolute Gasteiger partial charge is 0.119 e. The predicted octanol–water partition coefficient (Wildman–Crippen LogP) is 3.18. The standard InChI is InChI=1S/C17H19NO2/c1-20-13-7-5-12(6-8-13)11-18-16-10-9-15-14(16)3-2-4-17(15)19/h2-8,16,18-19H,9-11H2,1H3. The molecule has 0 aromatic heterocycles. The Bertz CT molecular complexity index is 592. The number of fused-ring (bicyclic) bond motifs is 1. The van der Waals surface area contributed by atoms with E-state index in [1.165, 1.54) is 11.1 Å². The second kappa shape index (κ2) is 5.55. The van der Waals surface area contributed by atoms with E-state index in [-0.39, 0.29) is 0 Å². The van der Waals surface area contributed by atoms with Crippen molar-refractivity contribution >= 4 is 0 Å². The van der Waals surface area contributed by atoms with Crippen LogP contribution in [0.3, 0.4) is 0 Å². The van der Waals surface area contributed by atoms with Gasteiger partial charge in [-0.2, -0.15) is 0 Å². The monoisotopic (exact) mass is 269 g/mol. The summed E-state index contributed by atoms with van der Waals surface area (Å²) in [4.78, 5) is 0. The Balaban J connectivity index is 1.67. The number of phenolic OH excluding ortho intramolecular Hbond substituents is 1. The van der Waals surface area contributed by atoms with E-state index in [4.69, 9.17) is 4.74 Å². The zero-order valence-corrected chi connectivity index (χ0v) is 11.6. The van der Waals surface area contributed by atoms with E-state index in [1.807, 2.05) is 18.2 Å². The molecule has 0 fully saturated rings. The molecule has 3 rings (SSSR count). The van der Waals surface area contributed by atoms with Crippen molar-refractivity contribution in [1.29, 1.82) is 0 Å². The molecule has 2 aromatic rings. The summed E-state index contributed by atoms with van der Waals surface area (Å²) in [5.41, 5.74) is 3.57. The van der Waals surface area contributed by atoms with Crippen molar-refractivity contribution in [2.24, 2.45) is 0 Å². The van der Waals surface area contributed by atoms with Crippen molar-refractivity contribution in [3.05, 3.63) is 59.2 Å². The normalized spacial score (nSPS) is 16.9. The molecule has 1 aliphatic rings. The number of benzene rings is 2. The van der Waals surface area contributed by atoms with Crippen molar-refractivity contribution in [3.8, 4) is 11.5 Å². The third-order valence-corrected chi connectivity index (χ3v) is 3.96. The van der Waals surface area contributed by atoms with Crippen molar-refractivity contribution in [2.75, 3.05) is 7.11 Å². The highest BCUT2D eigenvalue weighted by atomic mass is 16.5. The van der Waals surface area contributed by atoms with Gasteiger partial charge in [0.2, 0.25) is 0 Å². The molecule has 0 bridgehead atoms. The highest BCUT2D eigenvalue weighted by Crippen LogP contribution is 2.36. The first kappa shape index (κ1) is 13.0. The number of nitrogens with one attached hydrogen (secondary N) is 1. The molecule has 2 N–H and O–H groups in total. The Hall–Kier alpha value is -2.00. The molecule has 0 spiro atoms. The van der Waals surface area contributed by atoms with Gasteiger partial charge < -0.3 is 15.2 Å². The number of hydrogen-bond acceptors (Lipinski definition) is 3. The maximum absolute atomic E-state index is 9.85. The van der Waals surface area contributed by atoms with E-state index in [2.05, 4.69) is 23.5 Å². The molecule has 104 valence electrons. The van der Waals surface area contributed by atoms with E-state index in [9.17, 15) is 5.11 Å². The third kappa shape index (κ3) is 2.49. The van der Waals surface area contributed by atoms with Crippen molar-refractivity contribution in [2.45, 2.75) is 25.4 Å². The SMILES string of the molecule is COc1ccc(CNC2CCc3c(O)cccc32)cc1. The highest BCUT2D eigenvalue weighted by molar-refractivity contribution is 5.44. The summed E-state index contributed by atoms with van der Waals surface area (Å²) >= 11 is 0. The van der Waals surface area contributed by atoms with Crippen LogP contribution in [0.15, 0.2) is 42.5 Å². The quantitative estimate of drug-likeness (QED) is 0.895. The van der Waals surface area contributed by atoms with Crippen LogP contribution >= 0.6 is 0 Å². The van der Waals surface area contributed by atoms with E-state index in [0.717, 1.165) is 30.7 Å². The number of ether oxygens (including phenoxy) is 1. The van der Waals surface area contributed by atoms with Gasteiger partial charge in [0.15, 0.2) is 0 Å². The molecular formula is C17H19NO2. The van der Waals surface area contributed by atoms with Gasteiger partial charge in [0, 0.05) is 12.6 Å². The van der Waals surface area contributed by atoms with E-state index < -0.39 is 0 Å². The molecule has 0 saturated carbocycles. The lowest BCUT2D eigenvalue weighted by Gasteiger charge is -2.14. The van der Waals surface area contributed by atoms with Crippen molar-refractivity contribution in [1.82, 2.24) is 5.32 Å². The van der Waals surface area contributed by atoms with Crippen LogP contribution in [0, 0.1) is 0 Å². The average molecular weight is 269 g/mol. The predicted molar refractivity (Wildman–Crippen MR) is 79.0 cm³/mol. The maximum Gasteiger partial charge on any atom is 0.119 e. The molecule has 1 unspecified atom stereocenters. The van der Waals surface area contributed by atoms with E-state index in [1.54, 1.807) is 13.2 Å². The molecule has 2 aromatic carbocycles. The number of aromatic hydroxyl groups is 1. The summed E-state index contributed by atoms with van der Waals surface area (Å²) in [6.45, 7) is 0.823. The van der Waals surface area contributed by atoms with Gasteiger partial charge in [0.25, 0.3) is 0 Å². The molecule has 3 heteroatoms. The van der Waals surface area contributed by atoms with Gasteiger partial charge in [-0.05, 0) is 47.7 Å². The lowest BCUT2D eigenvalue weighted by molar-refractivity contribution is 0.414. The highest BCUT2D eigenvalue weighted by Gasteiger charge is 2.23. The molecule has 3 nitrogen and oxygen atoms in total. The molecule has 0 radical (unpaired) electrons. The average Bonchev–Trinajstić information content (AvgIpc) is 2.90. The van der Waals surface area contributed by atoms with Gasteiger partial charge in [0.1, 0.15) is 11.5 Å². The van der Waals surface area contributed by atoms with E-state index >= 15 is 0 Å². The number of methoxy groups -OCH3 is 1. The van der Waals surface area contributed by atoms with Crippen molar-refractivity contribution < 1.29 is 9.84 Å². The van der Waals surface area contributed by atoms with Gasteiger partial charge in [-0.3, -0.25) is 0 Å². The molecule has 1 aliphatic carbocycles. The lowest BCUT2D eigenvalue weighted by Crippen LogP contribution is -2.18. The first-order valence-electron chi connectivity index (χ1n) is 6.95. The van der Waals surface area contributed by atoms with Crippen LogP contribution < -0.4 is 10.1 Å². The topological polar surface area (TPSA) is 41.5 Å². The Kier molecular flexibility index (Phi) is 3.61. The minimum absolute atomic E-state index is 0.333. The van der Waals surface area contributed by atoms with Gasteiger partial charge >= 0.3 is 0 Å². The Labute approximate surface area is 119 Å². The summed E-state index contributed by atoms with van der Waals surface area (Å²) < 4.78 is 5.16. The summed E-state index contributed by atoms with van der Waals surface area (Å²) in [6, 6.07) is 14.2. The fourth-order valence-electron chi connectivity index (χ4n) is 2.83. The minimum Gasteiger partial charge on any atom is -0.508 e. The summed E-state index contributed by atoms with van der Waals surface area (Å²) in [6.07, 6.45) is 1.99.